The molecule has 3 unspecified atom stereocenters. The number of likely N-dealkylation sites (N-methyl/N-ethyl adjacent to an activating group) is 1. The van der Waals surface area contributed by atoms with Crippen LogP contribution in [0.1, 0.15) is 323 Å². The lowest BCUT2D eigenvalue weighted by Gasteiger charge is -2.30. The van der Waals surface area contributed by atoms with Crippen LogP contribution in [0.5, 0.6) is 0 Å². The number of carbonyl (C=O) groups is 2. The van der Waals surface area contributed by atoms with Crippen LogP contribution in [-0.4, -0.2) is 69.4 Å². The van der Waals surface area contributed by atoms with Crippen molar-refractivity contribution in [3.8, 4) is 0 Å². The summed E-state index contributed by atoms with van der Waals surface area (Å²) in [4.78, 5) is 40.3. The molecule has 0 radical (unpaired) electrons. The Morgan fingerprint density at radius 2 is 0.711 bits per heavy atom. The molecule has 9 nitrogen and oxygen atoms in total. The Bertz CT molecular complexity index is 1960. The average molecular weight is 1270 g/mol. The maximum atomic E-state index is 13.6. The predicted octanol–water partition coefficient (Wildman–Crippen LogP) is 23.5. The van der Waals surface area contributed by atoms with E-state index in [1.807, 2.05) is 33.3 Å². The van der Waals surface area contributed by atoms with E-state index in [-0.39, 0.29) is 24.9 Å². The smallest absolute Gasteiger partial charge is 0.306 e. The van der Waals surface area contributed by atoms with Crippen LogP contribution in [0.4, 0.5) is 0 Å². The molecule has 90 heavy (non-hydrogen) atoms. The zero-order chi connectivity index (χ0) is 65.6. The highest BCUT2D eigenvalue weighted by molar-refractivity contribution is 7.45. The van der Waals surface area contributed by atoms with E-state index < -0.39 is 26.6 Å². The summed E-state index contributed by atoms with van der Waals surface area (Å²) in [6, 6.07) is -0.906. The van der Waals surface area contributed by atoms with Gasteiger partial charge in [-0.3, -0.25) is 14.2 Å². The molecule has 0 aliphatic carbocycles. The van der Waals surface area contributed by atoms with Crippen molar-refractivity contribution in [3.05, 3.63) is 122 Å². The summed E-state index contributed by atoms with van der Waals surface area (Å²) in [5.74, 6) is -0.557. The highest BCUT2D eigenvalue weighted by atomic mass is 31.2. The summed E-state index contributed by atoms with van der Waals surface area (Å²) < 4.78 is 30.5. The molecule has 0 bridgehead atoms. The quantitative estimate of drug-likeness (QED) is 0.0212. The Morgan fingerprint density at radius 3 is 1.09 bits per heavy atom. The monoisotopic (exact) mass is 1270 g/mol. The molecule has 0 aromatic rings. The van der Waals surface area contributed by atoms with Crippen molar-refractivity contribution in [1.29, 1.82) is 0 Å². The summed E-state index contributed by atoms with van der Waals surface area (Å²) in [6.45, 7) is 6.71. The third kappa shape index (κ3) is 68.8. The lowest BCUT2D eigenvalue weighted by molar-refractivity contribution is -0.870. The number of rotatable bonds is 67. The van der Waals surface area contributed by atoms with Crippen LogP contribution < -0.4 is 10.2 Å². The van der Waals surface area contributed by atoms with E-state index in [1.165, 1.54) is 154 Å². The fourth-order valence-electron chi connectivity index (χ4n) is 10.4. The number of phosphoric ester groups is 1. The number of quaternary nitrogens is 1. The van der Waals surface area contributed by atoms with E-state index in [9.17, 15) is 19.0 Å². The number of nitrogens with one attached hydrogen (secondary N) is 1. The first kappa shape index (κ1) is 86.4. The molecule has 0 spiro atoms. The number of allylic oxidation sites excluding steroid dienone is 19. The van der Waals surface area contributed by atoms with E-state index in [0.717, 1.165) is 135 Å². The van der Waals surface area contributed by atoms with Crippen molar-refractivity contribution >= 4 is 19.7 Å². The number of hydrogen-bond donors (Lipinski definition) is 1. The fourth-order valence-corrected chi connectivity index (χ4v) is 11.1. The Hall–Kier alpha value is -3.59. The topological polar surface area (TPSA) is 114 Å². The third-order valence-corrected chi connectivity index (χ3v) is 17.1. The standard InChI is InChI=1S/C80H141N2O7P/c1-7-10-13-16-19-22-25-28-30-32-34-36-38-40-41-43-45-47-49-51-53-55-58-61-64-67-70-73-80(84)89-78(71-68-65-62-59-56-27-24-21-18-15-12-9-3)77(76-88-90(85,86)87-75-74-82(4,5)6)81-79(83)72-69-66-63-60-57-54-52-50-48-46-44-42-39-37-35-33-31-29-26-23-20-17-14-11-8-2/h11,14,19-20,22-23,28-31,34-37,42,44,48,50,68,71,77-78H,7-10,12-13,15-18,21,24-27,32-33,38-41,43,45-47,49,51-67,69-70,72-76H2,1-6H3,(H-,81,83,85,86)/b14-11-,22-19-,23-20-,30-28-,31-29-,36-34-,37-35-,44-42-,50-48-,71-68+. The van der Waals surface area contributed by atoms with Gasteiger partial charge in [0.05, 0.1) is 33.8 Å². The van der Waals surface area contributed by atoms with Crippen LogP contribution in [0, 0.1) is 0 Å². The number of esters is 1. The first-order valence-electron chi connectivity index (χ1n) is 37.3. The van der Waals surface area contributed by atoms with E-state index >= 15 is 0 Å². The lowest BCUT2D eigenvalue weighted by Crippen LogP contribution is -2.47. The van der Waals surface area contributed by atoms with Gasteiger partial charge >= 0.3 is 5.97 Å². The van der Waals surface area contributed by atoms with E-state index in [4.69, 9.17) is 13.8 Å². The van der Waals surface area contributed by atoms with Crippen molar-refractivity contribution in [2.75, 3.05) is 40.9 Å². The van der Waals surface area contributed by atoms with Gasteiger partial charge < -0.3 is 28.5 Å². The second kappa shape index (κ2) is 68.3. The van der Waals surface area contributed by atoms with Crippen molar-refractivity contribution in [1.82, 2.24) is 5.32 Å². The Labute approximate surface area is 556 Å². The van der Waals surface area contributed by atoms with E-state index in [2.05, 4.69) is 135 Å². The van der Waals surface area contributed by atoms with E-state index in [1.54, 1.807) is 0 Å². The van der Waals surface area contributed by atoms with Gasteiger partial charge in [0.25, 0.3) is 7.82 Å². The normalized spacial score (nSPS) is 14.2. The minimum Gasteiger partial charge on any atom is -0.756 e. The molecule has 1 N–H and O–H groups in total. The molecular formula is C80H141N2O7P. The van der Waals surface area contributed by atoms with E-state index in [0.29, 0.717) is 17.4 Å². The van der Waals surface area contributed by atoms with Crippen molar-refractivity contribution in [2.24, 2.45) is 0 Å². The van der Waals surface area contributed by atoms with Crippen molar-refractivity contribution in [2.45, 2.75) is 335 Å². The maximum Gasteiger partial charge on any atom is 0.306 e. The Morgan fingerprint density at radius 1 is 0.400 bits per heavy atom. The number of ether oxygens (including phenoxy) is 1. The van der Waals surface area contributed by atoms with Crippen LogP contribution in [-0.2, 0) is 27.9 Å². The zero-order valence-electron chi connectivity index (χ0n) is 59.3. The van der Waals surface area contributed by atoms with Crippen LogP contribution in [0.15, 0.2) is 122 Å². The summed E-state index contributed by atoms with van der Waals surface area (Å²) in [5.41, 5.74) is 0. The van der Waals surface area contributed by atoms with Gasteiger partial charge in [0.2, 0.25) is 5.91 Å². The largest absolute Gasteiger partial charge is 0.756 e. The summed E-state index contributed by atoms with van der Waals surface area (Å²) >= 11 is 0. The van der Waals surface area contributed by atoms with Crippen LogP contribution in [0.2, 0.25) is 0 Å². The van der Waals surface area contributed by atoms with Crippen molar-refractivity contribution in [3.63, 3.8) is 0 Å². The number of carbonyl (C=O) groups excluding carboxylic acids is 2. The number of phosphoric acid groups is 1. The molecule has 1 amide bonds. The first-order chi connectivity index (χ1) is 43.9. The summed E-state index contributed by atoms with van der Waals surface area (Å²) in [5, 5.41) is 3.04. The Balaban J connectivity index is 5.05. The molecule has 0 aromatic carbocycles. The SMILES string of the molecule is CC/C=C\C/C=C\C/C=C\C/C=C\C/C=C\C/C=C\CCCCCCCCC(=O)NC(COP(=O)([O-])OCC[N+](C)(C)C)C(/C=C/CCCCCCCCCCCC)OC(=O)CCCCCCCCCCCCCCCC/C=C\C/C=C\C/C=C\CCCCC. The molecular weight excluding hydrogens is 1130 g/mol. The van der Waals surface area contributed by atoms with Crippen molar-refractivity contribution < 1.29 is 37.3 Å². The fraction of sp³-hybridized carbons (Fsp3) is 0.725. The molecule has 0 heterocycles. The summed E-state index contributed by atoms with van der Waals surface area (Å²) in [7, 11) is 1.17. The number of amides is 1. The first-order valence-corrected chi connectivity index (χ1v) is 38.8. The highest BCUT2D eigenvalue weighted by Gasteiger charge is 2.27. The van der Waals surface area contributed by atoms with Crippen LogP contribution in [0.25, 0.3) is 0 Å². The van der Waals surface area contributed by atoms with Gasteiger partial charge in [-0.05, 0) is 122 Å². The molecule has 0 rings (SSSR count). The number of nitrogens with zero attached hydrogens (tertiary/aromatic N) is 1. The molecule has 10 heteroatoms. The predicted molar refractivity (Wildman–Crippen MR) is 390 cm³/mol. The summed E-state index contributed by atoms with van der Waals surface area (Å²) in [6.07, 6.45) is 96.1. The molecule has 518 valence electrons. The van der Waals surface area contributed by atoms with Gasteiger partial charge in [-0.1, -0.05) is 310 Å². The molecule has 0 aliphatic rings. The van der Waals surface area contributed by atoms with Gasteiger partial charge in [0.1, 0.15) is 19.3 Å². The average Bonchev–Trinajstić information content (AvgIpc) is 3.11. The minimum absolute atomic E-state index is 0.0307. The zero-order valence-corrected chi connectivity index (χ0v) is 60.2. The molecule has 0 saturated heterocycles. The Kier molecular flexibility index (Phi) is 65.6. The number of hydrogen-bond acceptors (Lipinski definition) is 7. The van der Waals surface area contributed by atoms with Gasteiger partial charge in [-0.25, -0.2) is 0 Å². The minimum atomic E-state index is -4.72. The number of unbranched alkanes of at least 4 members (excludes halogenated alkanes) is 33. The molecule has 0 fully saturated rings. The van der Waals surface area contributed by atoms with Gasteiger partial charge in [-0.2, -0.15) is 0 Å². The molecule has 0 aromatic heterocycles. The molecule has 0 aliphatic heterocycles. The second-order valence-corrected chi connectivity index (χ2v) is 27.5. The maximum absolute atomic E-state index is 13.6. The molecule has 3 atom stereocenters. The van der Waals surface area contributed by atoms with Gasteiger partial charge in [-0.15, -0.1) is 0 Å². The molecule has 0 saturated carbocycles. The van der Waals surface area contributed by atoms with Crippen LogP contribution >= 0.6 is 7.82 Å². The lowest BCUT2D eigenvalue weighted by atomic mass is 10.0. The third-order valence-electron chi connectivity index (χ3n) is 16.1. The second-order valence-electron chi connectivity index (χ2n) is 26.1. The highest BCUT2D eigenvalue weighted by Crippen LogP contribution is 2.38. The van der Waals surface area contributed by atoms with Gasteiger partial charge in [0.15, 0.2) is 0 Å². The van der Waals surface area contributed by atoms with Gasteiger partial charge in [0, 0.05) is 12.8 Å². The van der Waals surface area contributed by atoms with Crippen LogP contribution in [0.3, 0.4) is 0 Å².